The van der Waals surface area contributed by atoms with Gasteiger partial charge in [0.05, 0.1) is 10.4 Å². The number of thiazole rings is 1. The summed E-state index contributed by atoms with van der Waals surface area (Å²) in [5.74, 6) is -0.860. The molecule has 0 radical (unpaired) electrons. The maximum atomic E-state index is 13.5. The zero-order valence-corrected chi connectivity index (χ0v) is 30.2. The smallest absolute Gasteiger partial charge is 0.351 e. The average Bonchev–Trinajstić information content (AvgIpc) is 3.71. The van der Waals surface area contributed by atoms with Gasteiger partial charge in [-0.05, 0) is 117 Å². The van der Waals surface area contributed by atoms with Crippen LogP contribution in [0.15, 0.2) is 94.7 Å². The average molecular weight is 707 g/mol. The van der Waals surface area contributed by atoms with E-state index in [1.165, 1.54) is 64.8 Å². The molecule has 0 saturated carbocycles. The van der Waals surface area contributed by atoms with E-state index in [1.807, 2.05) is 42.5 Å². The summed E-state index contributed by atoms with van der Waals surface area (Å²) in [6, 6.07) is 24.8. The highest BCUT2D eigenvalue weighted by atomic mass is 32.1. The Morgan fingerprint density at radius 2 is 1.34 bits per heavy atom. The van der Waals surface area contributed by atoms with E-state index in [9.17, 15) is 9.59 Å². The molecule has 1 fully saturated rings. The molecular formula is C40H42N4O4S2. The maximum absolute atomic E-state index is 13.5. The number of carbonyl (C=O) groups excluding carboxylic acids is 2. The SMILES string of the molecule is CCCCc1ccc(OC(=O)C(=Cc2cc3sc(/N=N/c4ccc(N5CCCCC5)cc4)nc3s2)C(=O)Oc2ccc(CCCC)cc2)cc1. The number of benzene rings is 3. The lowest BCUT2D eigenvalue weighted by Gasteiger charge is -2.28. The standard InChI is InChI=1S/C40H42N4O4S2/c1-3-5-10-28-12-20-32(21-13-28)47-38(45)35(39(46)48-33-22-14-29(15-23-33)11-6-4-2)26-34-27-36-37(49-34)41-40(50-36)43-42-30-16-18-31(19-17-30)44-24-8-7-9-25-44/h12-23,26-27H,3-11,24-25H2,1-2H3/b43-42+. The van der Waals surface area contributed by atoms with Crippen LogP contribution in [-0.2, 0) is 22.4 Å². The molecule has 2 aromatic heterocycles. The van der Waals surface area contributed by atoms with E-state index in [1.54, 1.807) is 24.3 Å². The first-order valence-corrected chi connectivity index (χ1v) is 19.1. The second-order valence-corrected chi connectivity index (χ2v) is 14.5. The highest BCUT2D eigenvalue weighted by molar-refractivity contribution is 7.29. The molecule has 3 heterocycles. The van der Waals surface area contributed by atoms with Crippen molar-refractivity contribution in [3.8, 4) is 11.5 Å². The molecule has 0 N–H and O–H groups in total. The van der Waals surface area contributed by atoms with Gasteiger partial charge in [0.25, 0.3) is 0 Å². The first kappa shape index (κ1) is 35.2. The summed E-state index contributed by atoms with van der Waals surface area (Å²) >= 11 is 2.75. The van der Waals surface area contributed by atoms with Gasteiger partial charge in [-0.25, -0.2) is 14.6 Å². The maximum Gasteiger partial charge on any atom is 0.351 e. The Morgan fingerprint density at radius 1 is 0.760 bits per heavy atom. The van der Waals surface area contributed by atoms with Gasteiger partial charge < -0.3 is 14.4 Å². The van der Waals surface area contributed by atoms with Gasteiger partial charge in [-0.2, -0.15) is 0 Å². The van der Waals surface area contributed by atoms with E-state index < -0.39 is 11.9 Å². The number of nitrogens with zero attached hydrogens (tertiary/aromatic N) is 4. The number of thiophene rings is 1. The van der Waals surface area contributed by atoms with Crippen LogP contribution in [0.4, 0.5) is 16.5 Å². The number of aryl methyl sites for hydroxylation is 2. The van der Waals surface area contributed by atoms with E-state index in [2.05, 4.69) is 46.1 Å². The molecule has 50 heavy (non-hydrogen) atoms. The van der Waals surface area contributed by atoms with Crippen molar-refractivity contribution in [2.45, 2.75) is 71.6 Å². The number of hydrogen-bond donors (Lipinski definition) is 0. The molecule has 1 aliphatic rings. The van der Waals surface area contributed by atoms with Crippen molar-refractivity contribution in [2.24, 2.45) is 10.2 Å². The number of hydrogen-bond acceptors (Lipinski definition) is 10. The highest BCUT2D eigenvalue weighted by Crippen LogP contribution is 2.36. The molecule has 3 aromatic carbocycles. The summed E-state index contributed by atoms with van der Waals surface area (Å²) in [7, 11) is 0. The quantitative estimate of drug-likeness (QED) is 0.0285. The molecule has 0 bridgehead atoms. The van der Waals surface area contributed by atoms with Crippen molar-refractivity contribution >= 4 is 66.7 Å². The first-order valence-electron chi connectivity index (χ1n) is 17.5. The van der Waals surface area contributed by atoms with Gasteiger partial charge in [-0.15, -0.1) is 21.6 Å². The topological polar surface area (TPSA) is 93.5 Å². The molecule has 10 heteroatoms. The molecule has 5 aromatic rings. The van der Waals surface area contributed by atoms with Crippen LogP contribution in [-0.4, -0.2) is 30.0 Å². The van der Waals surface area contributed by atoms with Crippen LogP contribution in [0, 0.1) is 0 Å². The summed E-state index contributed by atoms with van der Waals surface area (Å²) < 4.78 is 12.2. The van der Waals surface area contributed by atoms with Gasteiger partial charge >= 0.3 is 11.9 Å². The number of carbonyl (C=O) groups is 2. The number of piperidine rings is 1. The fraction of sp³-hybridized carbons (Fsp3) is 0.325. The lowest BCUT2D eigenvalue weighted by molar-refractivity contribution is -0.137. The third kappa shape index (κ3) is 9.52. The number of fused-ring (bicyclic) bond motifs is 1. The van der Waals surface area contributed by atoms with Crippen LogP contribution in [0.3, 0.4) is 0 Å². The van der Waals surface area contributed by atoms with Crippen LogP contribution >= 0.6 is 22.7 Å². The summed E-state index contributed by atoms with van der Waals surface area (Å²) in [5.41, 5.74) is 4.10. The molecule has 0 aliphatic carbocycles. The summed E-state index contributed by atoms with van der Waals surface area (Å²) in [6.07, 6.45) is 11.6. The molecule has 258 valence electrons. The molecule has 0 atom stereocenters. The Bertz CT molecular complexity index is 1840. The molecule has 0 spiro atoms. The number of anilines is 1. The van der Waals surface area contributed by atoms with E-state index in [0.29, 0.717) is 21.5 Å². The summed E-state index contributed by atoms with van der Waals surface area (Å²) in [4.78, 5) is 35.4. The zero-order chi connectivity index (χ0) is 34.7. The minimum Gasteiger partial charge on any atom is -0.423 e. The van der Waals surface area contributed by atoms with Crippen molar-refractivity contribution in [1.29, 1.82) is 0 Å². The zero-order valence-electron chi connectivity index (χ0n) is 28.6. The number of ether oxygens (including phenoxy) is 2. The Kier molecular flexibility index (Phi) is 12.2. The molecule has 8 nitrogen and oxygen atoms in total. The predicted molar refractivity (Wildman–Crippen MR) is 204 cm³/mol. The van der Waals surface area contributed by atoms with Crippen molar-refractivity contribution in [3.05, 3.63) is 100 Å². The van der Waals surface area contributed by atoms with Crippen LogP contribution < -0.4 is 14.4 Å². The lowest BCUT2D eigenvalue weighted by Crippen LogP contribution is -2.29. The Hall–Kier alpha value is -4.67. The molecule has 6 rings (SSSR count). The van der Waals surface area contributed by atoms with Crippen molar-refractivity contribution in [1.82, 2.24) is 4.98 Å². The van der Waals surface area contributed by atoms with Gasteiger partial charge in [-0.1, -0.05) is 62.3 Å². The minimum absolute atomic E-state index is 0.211. The van der Waals surface area contributed by atoms with Gasteiger partial charge in [0, 0.05) is 23.7 Å². The fourth-order valence-corrected chi connectivity index (χ4v) is 7.70. The van der Waals surface area contributed by atoms with Gasteiger partial charge in [-0.3, -0.25) is 0 Å². The molecule has 1 saturated heterocycles. The normalized spacial score (nSPS) is 13.1. The van der Waals surface area contributed by atoms with Crippen LogP contribution in [0.5, 0.6) is 11.5 Å². The van der Waals surface area contributed by atoms with Crippen molar-refractivity contribution in [2.75, 3.05) is 18.0 Å². The van der Waals surface area contributed by atoms with Crippen LogP contribution in [0.1, 0.15) is 74.8 Å². The van der Waals surface area contributed by atoms with Crippen LogP contribution in [0.25, 0.3) is 15.6 Å². The molecular weight excluding hydrogens is 665 g/mol. The highest BCUT2D eigenvalue weighted by Gasteiger charge is 2.24. The lowest BCUT2D eigenvalue weighted by atomic mass is 10.1. The van der Waals surface area contributed by atoms with E-state index in [-0.39, 0.29) is 5.57 Å². The number of azo groups is 1. The van der Waals surface area contributed by atoms with E-state index in [0.717, 1.165) is 66.8 Å². The van der Waals surface area contributed by atoms with E-state index in [4.69, 9.17) is 9.47 Å². The van der Waals surface area contributed by atoms with Crippen molar-refractivity contribution < 1.29 is 19.1 Å². The Morgan fingerprint density at radius 3 is 1.88 bits per heavy atom. The predicted octanol–water partition coefficient (Wildman–Crippen LogP) is 11.0. The van der Waals surface area contributed by atoms with Gasteiger partial charge in [0.2, 0.25) is 5.13 Å². The third-order valence-corrected chi connectivity index (χ3v) is 10.5. The number of unbranched alkanes of at least 4 members (excludes halogenated alkanes) is 2. The van der Waals surface area contributed by atoms with E-state index >= 15 is 0 Å². The monoisotopic (exact) mass is 706 g/mol. The molecule has 0 unspecified atom stereocenters. The number of aromatic nitrogens is 1. The summed E-state index contributed by atoms with van der Waals surface area (Å²) in [6.45, 7) is 6.49. The van der Waals surface area contributed by atoms with Gasteiger partial charge in [0.1, 0.15) is 21.9 Å². The molecule has 0 amide bonds. The fourth-order valence-electron chi connectivity index (χ4n) is 5.72. The van der Waals surface area contributed by atoms with Crippen LogP contribution in [0.2, 0.25) is 0 Å². The molecule has 1 aliphatic heterocycles. The second kappa shape index (κ2) is 17.3. The van der Waals surface area contributed by atoms with Crippen molar-refractivity contribution in [3.63, 3.8) is 0 Å². The second-order valence-electron chi connectivity index (χ2n) is 12.4. The number of rotatable bonds is 14. The Balaban J connectivity index is 1.18. The Labute approximate surface area is 301 Å². The first-order chi connectivity index (χ1) is 24.5. The number of esters is 2. The van der Waals surface area contributed by atoms with Gasteiger partial charge in [0.15, 0.2) is 0 Å². The largest absolute Gasteiger partial charge is 0.423 e. The summed E-state index contributed by atoms with van der Waals surface area (Å²) in [5, 5.41) is 9.31. The minimum atomic E-state index is -0.790. The third-order valence-electron chi connectivity index (χ3n) is 8.55.